The van der Waals surface area contributed by atoms with Crippen molar-refractivity contribution >= 4 is 23.1 Å². The van der Waals surface area contributed by atoms with Crippen LogP contribution in [0.5, 0.6) is 0 Å². The number of carbonyl (C=O) groups is 1. The van der Waals surface area contributed by atoms with Crippen molar-refractivity contribution < 1.29 is 4.79 Å². The van der Waals surface area contributed by atoms with Gasteiger partial charge in [-0.3, -0.25) is 4.79 Å². The van der Waals surface area contributed by atoms with Crippen LogP contribution in [-0.4, -0.2) is 43.0 Å². The number of rotatable bonds is 5. The summed E-state index contributed by atoms with van der Waals surface area (Å²) in [5.41, 5.74) is 1.30. The summed E-state index contributed by atoms with van der Waals surface area (Å²) >= 11 is 1.73. The second-order valence-electron chi connectivity index (χ2n) is 6.60. The number of anilines is 1. The van der Waals surface area contributed by atoms with E-state index in [0.717, 1.165) is 38.2 Å². The molecule has 0 N–H and O–H groups in total. The van der Waals surface area contributed by atoms with E-state index >= 15 is 0 Å². The number of amides is 1. The van der Waals surface area contributed by atoms with Crippen molar-refractivity contribution in [3.05, 3.63) is 46.3 Å². The molecule has 24 heavy (non-hydrogen) atoms. The second-order valence-corrected chi connectivity index (χ2v) is 7.63. The number of pyridine rings is 1. The molecule has 2 aromatic heterocycles. The summed E-state index contributed by atoms with van der Waals surface area (Å²) in [5.74, 6) is 1.69. The zero-order valence-electron chi connectivity index (χ0n) is 14.4. The fraction of sp³-hybridized carbons (Fsp3) is 0.474. The van der Waals surface area contributed by atoms with Crippen molar-refractivity contribution in [2.45, 2.75) is 31.6 Å². The predicted octanol–water partition coefficient (Wildman–Crippen LogP) is 3.55. The van der Waals surface area contributed by atoms with E-state index in [1.807, 2.05) is 31.3 Å². The van der Waals surface area contributed by atoms with E-state index in [1.165, 1.54) is 10.4 Å². The fourth-order valence-electron chi connectivity index (χ4n) is 3.25. The van der Waals surface area contributed by atoms with E-state index < -0.39 is 0 Å². The Bertz CT molecular complexity index is 669. The molecule has 4 nitrogen and oxygen atoms in total. The minimum Gasteiger partial charge on any atom is -0.363 e. The Morgan fingerprint density at radius 3 is 3.04 bits per heavy atom. The molecular formula is C19H25N3OS. The molecule has 2 aromatic rings. The predicted molar refractivity (Wildman–Crippen MR) is 99.8 cm³/mol. The molecule has 3 heterocycles. The third-order valence-corrected chi connectivity index (χ3v) is 5.57. The average Bonchev–Trinajstić information content (AvgIpc) is 3.13. The van der Waals surface area contributed by atoms with Gasteiger partial charge in [0.25, 0.3) is 0 Å². The highest BCUT2D eigenvalue weighted by molar-refractivity contribution is 7.09. The van der Waals surface area contributed by atoms with Gasteiger partial charge in [-0.05, 0) is 48.4 Å². The minimum atomic E-state index is 0.287. The third-order valence-electron chi connectivity index (χ3n) is 4.64. The molecule has 3 rings (SSSR count). The Kier molecular flexibility index (Phi) is 5.51. The molecule has 0 aliphatic carbocycles. The molecule has 1 saturated heterocycles. The standard InChI is InChI=1S/C19H25N3OS/c1-21(2)18-13-15(9-10-20-18)16-5-3-11-22(14-16)19(23)8-7-17-6-4-12-24-17/h4,6,9-10,12-13,16H,3,5,7-8,11,14H2,1-2H3/t16-/m0/s1. The molecule has 0 bridgehead atoms. The van der Waals surface area contributed by atoms with Crippen LogP contribution < -0.4 is 4.90 Å². The summed E-state index contributed by atoms with van der Waals surface area (Å²) in [6.45, 7) is 1.73. The first kappa shape index (κ1) is 17.0. The molecule has 0 aromatic carbocycles. The summed E-state index contributed by atoms with van der Waals surface area (Å²) in [6, 6.07) is 8.41. The molecule has 1 amide bonds. The molecular weight excluding hydrogens is 318 g/mol. The summed E-state index contributed by atoms with van der Waals surface area (Å²) in [5, 5.41) is 2.07. The molecule has 1 atom stereocenters. The number of nitrogens with zero attached hydrogens (tertiary/aromatic N) is 3. The largest absolute Gasteiger partial charge is 0.363 e. The zero-order valence-corrected chi connectivity index (χ0v) is 15.3. The van der Waals surface area contributed by atoms with Crippen molar-refractivity contribution in [1.29, 1.82) is 0 Å². The number of carbonyl (C=O) groups excluding carboxylic acids is 1. The lowest BCUT2D eigenvalue weighted by Gasteiger charge is -2.33. The topological polar surface area (TPSA) is 36.4 Å². The van der Waals surface area contributed by atoms with Crippen LogP contribution in [0.4, 0.5) is 5.82 Å². The van der Waals surface area contributed by atoms with Crippen LogP contribution in [-0.2, 0) is 11.2 Å². The van der Waals surface area contributed by atoms with Crippen LogP contribution >= 0.6 is 11.3 Å². The maximum absolute atomic E-state index is 12.6. The molecule has 1 fully saturated rings. The van der Waals surface area contributed by atoms with E-state index in [2.05, 4.69) is 33.5 Å². The van der Waals surface area contributed by atoms with Crippen molar-refractivity contribution in [2.24, 2.45) is 0 Å². The second kappa shape index (κ2) is 7.79. The first-order chi connectivity index (χ1) is 11.6. The first-order valence-corrected chi connectivity index (χ1v) is 9.45. The highest BCUT2D eigenvalue weighted by Crippen LogP contribution is 2.28. The van der Waals surface area contributed by atoms with Gasteiger partial charge < -0.3 is 9.80 Å². The summed E-state index contributed by atoms with van der Waals surface area (Å²) in [6.07, 6.45) is 5.58. The Balaban J connectivity index is 1.61. The van der Waals surface area contributed by atoms with Gasteiger partial charge in [0, 0.05) is 50.6 Å². The summed E-state index contributed by atoms with van der Waals surface area (Å²) in [4.78, 5) is 22.3. The van der Waals surface area contributed by atoms with Crippen LogP contribution in [0.1, 0.15) is 35.6 Å². The number of aromatic nitrogens is 1. The number of hydrogen-bond donors (Lipinski definition) is 0. The molecule has 1 aliphatic heterocycles. The number of piperidine rings is 1. The van der Waals surface area contributed by atoms with E-state index in [9.17, 15) is 4.79 Å². The van der Waals surface area contributed by atoms with Gasteiger partial charge in [0.2, 0.25) is 5.91 Å². The smallest absolute Gasteiger partial charge is 0.222 e. The van der Waals surface area contributed by atoms with Crippen molar-refractivity contribution in [3.63, 3.8) is 0 Å². The lowest BCUT2D eigenvalue weighted by atomic mass is 9.91. The third kappa shape index (κ3) is 4.15. The molecule has 0 saturated carbocycles. The van der Waals surface area contributed by atoms with Gasteiger partial charge in [-0.15, -0.1) is 11.3 Å². The van der Waals surface area contributed by atoms with E-state index in [4.69, 9.17) is 0 Å². The van der Waals surface area contributed by atoms with E-state index in [0.29, 0.717) is 12.3 Å². The zero-order chi connectivity index (χ0) is 16.9. The Labute approximate surface area is 148 Å². The lowest BCUT2D eigenvalue weighted by molar-refractivity contribution is -0.132. The molecule has 0 radical (unpaired) electrons. The van der Waals surface area contributed by atoms with Crippen molar-refractivity contribution in [2.75, 3.05) is 32.1 Å². The van der Waals surface area contributed by atoms with Crippen LogP contribution in [0.2, 0.25) is 0 Å². The molecule has 5 heteroatoms. The SMILES string of the molecule is CN(C)c1cc([C@H]2CCCN(C(=O)CCc3cccs3)C2)ccn1. The Hall–Kier alpha value is -1.88. The monoisotopic (exact) mass is 343 g/mol. The first-order valence-electron chi connectivity index (χ1n) is 8.57. The van der Waals surface area contributed by atoms with Gasteiger partial charge in [0.1, 0.15) is 5.82 Å². The highest BCUT2D eigenvalue weighted by Gasteiger charge is 2.25. The van der Waals surface area contributed by atoms with Gasteiger partial charge in [0.15, 0.2) is 0 Å². The highest BCUT2D eigenvalue weighted by atomic mass is 32.1. The molecule has 0 unspecified atom stereocenters. The van der Waals surface area contributed by atoms with Crippen LogP contribution in [0.15, 0.2) is 35.8 Å². The number of aryl methyl sites for hydroxylation is 1. The van der Waals surface area contributed by atoms with Gasteiger partial charge in [-0.1, -0.05) is 6.07 Å². The number of likely N-dealkylation sites (tertiary alicyclic amines) is 1. The number of hydrogen-bond acceptors (Lipinski definition) is 4. The Morgan fingerprint density at radius 1 is 1.42 bits per heavy atom. The number of thiophene rings is 1. The fourth-order valence-corrected chi connectivity index (χ4v) is 3.96. The molecule has 0 spiro atoms. The van der Waals surface area contributed by atoms with Gasteiger partial charge >= 0.3 is 0 Å². The Morgan fingerprint density at radius 2 is 2.29 bits per heavy atom. The van der Waals surface area contributed by atoms with Crippen LogP contribution in [0.3, 0.4) is 0 Å². The summed E-state index contributed by atoms with van der Waals surface area (Å²) in [7, 11) is 4.01. The molecule has 1 aliphatic rings. The quantitative estimate of drug-likeness (QED) is 0.833. The normalized spacial score (nSPS) is 17.8. The van der Waals surface area contributed by atoms with Crippen LogP contribution in [0.25, 0.3) is 0 Å². The van der Waals surface area contributed by atoms with Gasteiger partial charge in [-0.25, -0.2) is 4.98 Å². The molecule has 128 valence electrons. The van der Waals surface area contributed by atoms with E-state index in [1.54, 1.807) is 11.3 Å². The lowest BCUT2D eigenvalue weighted by Crippen LogP contribution is -2.39. The van der Waals surface area contributed by atoms with Crippen molar-refractivity contribution in [1.82, 2.24) is 9.88 Å². The maximum Gasteiger partial charge on any atom is 0.222 e. The maximum atomic E-state index is 12.6. The average molecular weight is 343 g/mol. The van der Waals surface area contributed by atoms with E-state index in [-0.39, 0.29) is 5.91 Å². The van der Waals surface area contributed by atoms with Gasteiger partial charge in [0.05, 0.1) is 0 Å². The minimum absolute atomic E-state index is 0.287. The van der Waals surface area contributed by atoms with Gasteiger partial charge in [-0.2, -0.15) is 0 Å². The van der Waals surface area contributed by atoms with Crippen molar-refractivity contribution in [3.8, 4) is 0 Å². The van der Waals surface area contributed by atoms with Crippen LogP contribution in [0, 0.1) is 0 Å². The summed E-state index contributed by atoms with van der Waals surface area (Å²) < 4.78 is 0.